The molecule has 1 aromatic carbocycles. The van der Waals surface area contributed by atoms with Crippen LogP contribution in [0.2, 0.25) is 0 Å². The highest BCUT2D eigenvalue weighted by atomic mass is 16.5. The molecule has 116 valence electrons. The van der Waals surface area contributed by atoms with Crippen LogP contribution in [0.25, 0.3) is 0 Å². The molecule has 0 saturated carbocycles. The molecule has 21 heavy (non-hydrogen) atoms. The lowest BCUT2D eigenvalue weighted by atomic mass is 10.1. The Balaban J connectivity index is 2.76. The van der Waals surface area contributed by atoms with Crippen LogP contribution in [0, 0.1) is 0 Å². The van der Waals surface area contributed by atoms with Gasteiger partial charge in [0.25, 0.3) is 0 Å². The number of ether oxygens (including phenoxy) is 2. The van der Waals surface area contributed by atoms with Gasteiger partial charge in [-0.25, -0.2) is 4.79 Å². The van der Waals surface area contributed by atoms with Gasteiger partial charge in [0.1, 0.15) is 6.04 Å². The van der Waals surface area contributed by atoms with Crippen molar-refractivity contribution in [3.63, 3.8) is 0 Å². The number of carbonyl (C=O) groups excluding carboxylic acids is 2. The maximum Gasteiger partial charge on any atom is 0.327 e. The largest absolute Gasteiger partial charge is 0.466 e. The molecule has 0 radical (unpaired) electrons. The van der Waals surface area contributed by atoms with Crippen LogP contribution >= 0.6 is 0 Å². The van der Waals surface area contributed by atoms with E-state index in [4.69, 9.17) is 9.47 Å². The molecule has 1 atom stereocenters. The van der Waals surface area contributed by atoms with Gasteiger partial charge in [-0.1, -0.05) is 30.3 Å². The Morgan fingerprint density at radius 2 is 1.71 bits per heavy atom. The Morgan fingerprint density at radius 3 is 2.29 bits per heavy atom. The van der Waals surface area contributed by atoms with Crippen molar-refractivity contribution >= 4 is 11.9 Å². The van der Waals surface area contributed by atoms with E-state index in [2.05, 4.69) is 0 Å². The molecule has 0 amide bonds. The van der Waals surface area contributed by atoms with Gasteiger partial charge in [-0.15, -0.1) is 0 Å². The van der Waals surface area contributed by atoms with Crippen LogP contribution < -0.4 is 0 Å². The second-order valence-corrected chi connectivity index (χ2v) is 4.60. The van der Waals surface area contributed by atoms with E-state index < -0.39 is 6.04 Å². The molecule has 5 heteroatoms. The molecule has 0 aliphatic carbocycles. The van der Waals surface area contributed by atoms with Crippen LogP contribution in [-0.2, 0) is 19.1 Å². The molecule has 5 nitrogen and oxygen atoms in total. The number of hydrogen-bond donors (Lipinski definition) is 0. The topological polar surface area (TPSA) is 55.8 Å². The summed E-state index contributed by atoms with van der Waals surface area (Å²) >= 11 is 0. The lowest BCUT2D eigenvalue weighted by Crippen LogP contribution is -2.34. The van der Waals surface area contributed by atoms with Gasteiger partial charge >= 0.3 is 11.9 Å². The van der Waals surface area contributed by atoms with E-state index in [1.807, 2.05) is 35.2 Å². The zero-order valence-electron chi connectivity index (χ0n) is 12.9. The summed E-state index contributed by atoms with van der Waals surface area (Å²) in [5.41, 5.74) is 0.849. The first-order chi connectivity index (χ1) is 10.1. The molecule has 1 aromatic rings. The number of benzene rings is 1. The third-order valence-electron chi connectivity index (χ3n) is 3.04. The summed E-state index contributed by atoms with van der Waals surface area (Å²) in [6, 6.07) is 8.89. The SMILES string of the molecule is CCOC(=O)CCN(C)[C@H](C(=O)OCC)c1ccccc1. The first-order valence-corrected chi connectivity index (χ1v) is 7.17. The van der Waals surface area contributed by atoms with Gasteiger partial charge in [0.2, 0.25) is 0 Å². The predicted octanol–water partition coefficient (Wildman–Crippen LogP) is 2.18. The Labute approximate surface area is 125 Å². The molecule has 0 bridgehead atoms. The van der Waals surface area contributed by atoms with Crippen molar-refractivity contribution in [1.82, 2.24) is 4.90 Å². The molecule has 0 heterocycles. The van der Waals surface area contributed by atoms with Gasteiger partial charge in [0.15, 0.2) is 0 Å². The van der Waals surface area contributed by atoms with Crippen LogP contribution in [0.4, 0.5) is 0 Å². The molecular weight excluding hydrogens is 270 g/mol. The molecule has 0 unspecified atom stereocenters. The quantitative estimate of drug-likeness (QED) is 0.688. The second kappa shape index (κ2) is 9.13. The lowest BCUT2D eigenvalue weighted by Gasteiger charge is -2.26. The minimum Gasteiger partial charge on any atom is -0.466 e. The molecular formula is C16H23NO4. The van der Waals surface area contributed by atoms with Crippen LogP contribution in [-0.4, -0.2) is 43.6 Å². The van der Waals surface area contributed by atoms with E-state index in [1.165, 1.54) is 0 Å². The first-order valence-electron chi connectivity index (χ1n) is 7.17. The fourth-order valence-corrected chi connectivity index (χ4v) is 2.06. The number of esters is 2. The zero-order chi connectivity index (χ0) is 15.7. The third kappa shape index (κ3) is 5.55. The van der Waals surface area contributed by atoms with Gasteiger partial charge in [-0.3, -0.25) is 9.69 Å². The number of hydrogen-bond acceptors (Lipinski definition) is 5. The number of nitrogens with zero attached hydrogens (tertiary/aromatic N) is 1. The first kappa shape index (κ1) is 17.2. The van der Waals surface area contributed by atoms with E-state index in [9.17, 15) is 9.59 Å². The van der Waals surface area contributed by atoms with Crippen LogP contribution in [0.1, 0.15) is 31.9 Å². The molecule has 0 fully saturated rings. The van der Waals surface area contributed by atoms with Crippen molar-refractivity contribution in [3.8, 4) is 0 Å². The van der Waals surface area contributed by atoms with Crippen molar-refractivity contribution in [2.45, 2.75) is 26.3 Å². The lowest BCUT2D eigenvalue weighted by molar-refractivity contribution is -0.151. The fourth-order valence-electron chi connectivity index (χ4n) is 2.06. The highest BCUT2D eigenvalue weighted by Crippen LogP contribution is 2.21. The zero-order valence-corrected chi connectivity index (χ0v) is 12.9. The summed E-state index contributed by atoms with van der Waals surface area (Å²) in [5, 5.41) is 0. The standard InChI is InChI=1S/C16H23NO4/c1-4-20-14(18)11-12-17(3)15(16(19)21-5-2)13-9-7-6-8-10-13/h6-10,15H,4-5,11-12H2,1-3H3/t15-/m0/s1. The molecule has 0 aromatic heterocycles. The van der Waals surface area contributed by atoms with E-state index in [-0.39, 0.29) is 18.4 Å². The van der Waals surface area contributed by atoms with E-state index >= 15 is 0 Å². The Morgan fingerprint density at radius 1 is 1.10 bits per heavy atom. The molecule has 0 spiro atoms. The third-order valence-corrected chi connectivity index (χ3v) is 3.04. The van der Waals surface area contributed by atoms with Gasteiger partial charge in [-0.05, 0) is 26.5 Å². The second-order valence-electron chi connectivity index (χ2n) is 4.60. The summed E-state index contributed by atoms with van der Waals surface area (Å²) in [6.45, 7) is 4.67. The predicted molar refractivity (Wildman–Crippen MR) is 79.7 cm³/mol. The summed E-state index contributed by atoms with van der Waals surface area (Å²) in [6.07, 6.45) is 0.243. The van der Waals surface area contributed by atoms with Gasteiger partial charge in [-0.2, -0.15) is 0 Å². The minimum atomic E-state index is -0.513. The molecule has 0 aliphatic heterocycles. The molecule has 0 saturated heterocycles. The van der Waals surface area contributed by atoms with E-state index in [0.29, 0.717) is 19.8 Å². The summed E-state index contributed by atoms with van der Waals surface area (Å²) in [7, 11) is 1.80. The van der Waals surface area contributed by atoms with Crippen LogP contribution in [0.3, 0.4) is 0 Å². The van der Waals surface area contributed by atoms with Crippen molar-refractivity contribution in [3.05, 3.63) is 35.9 Å². The Kier molecular flexibility index (Phi) is 7.46. The summed E-state index contributed by atoms with van der Waals surface area (Å²) in [5.74, 6) is -0.574. The van der Waals surface area contributed by atoms with Gasteiger partial charge in [0, 0.05) is 6.54 Å². The highest BCUT2D eigenvalue weighted by molar-refractivity contribution is 5.77. The Hall–Kier alpha value is -1.88. The Bertz CT molecular complexity index is 447. The van der Waals surface area contributed by atoms with Crippen molar-refractivity contribution in [2.75, 3.05) is 26.8 Å². The summed E-state index contributed by atoms with van der Waals surface area (Å²) < 4.78 is 10.0. The molecule has 1 rings (SSSR count). The summed E-state index contributed by atoms with van der Waals surface area (Å²) in [4.78, 5) is 25.4. The smallest absolute Gasteiger partial charge is 0.327 e. The highest BCUT2D eigenvalue weighted by Gasteiger charge is 2.26. The maximum atomic E-state index is 12.2. The van der Waals surface area contributed by atoms with Crippen molar-refractivity contribution in [2.24, 2.45) is 0 Å². The average molecular weight is 293 g/mol. The molecule has 0 aliphatic rings. The average Bonchev–Trinajstić information content (AvgIpc) is 2.47. The van der Waals surface area contributed by atoms with Crippen LogP contribution in [0.15, 0.2) is 30.3 Å². The fraction of sp³-hybridized carbons (Fsp3) is 0.500. The van der Waals surface area contributed by atoms with Crippen LogP contribution in [0.5, 0.6) is 0 Å². The minimum absolute atomic E-state index is 0.243. The van der Waals surface area contributed by atoms with Gasteiger partial charge < -0.3 is 9.47 Å². The van der Waals surface area contributed by atoms with Gasteiger partial charge in [0.05, 0.1) is 19.6 Å². The van der Waals surface area contributed by atoms with E-state index in [1.54, 1.807) is 20.9 Å². The number of likely N-dealkylation sites (N-methyl/N-ethyl adjacent to an activating group) is 1. The van der Waals surface area contributed by atoms with Crippen molar-refractivity contribution < 1.29 is 19.1 Å². The monoisotopic (exact) mass is 293 g/mol. The molecule has 0 N–H and O–H groups in total. The number of carbonyl (C=O) groups is 2. The normalized spacial score (nSPS) is 12.0. The van der Waals surface area contributed by atoms with E-state index in [0.717, 1.165) is 5.56 Å². The number of rotatable bonds is 8. The van der Waals surface area contributed by atoms with Crippen molar-refractivity contribution in [1.29, 1.82) is 0 Å². The maximum absolute atomic E-state index is 12.2.